The largest absolute Gasteiger partial charge is 0.337 e. The highest BCUT2D eigenvalue weighted by Gasteiger charge is 2.13. The van der Waals surface area contributed by atoms with Gasteiger partial charge in [0, 0.05) is 19.4 Å². The van der Waals surface area contributed by atoms with Crippen LogP contribution in [0.15, 0.2) is 28.2 Å². The fourth-order valence-corrected chi connectivity index (χ4v) is 1.70. The molecule has 3 rings (SSSR count). The molecule has 3 aromatic rings. The quantitative estimate of drug-likeness (QED) is 0.569. The lowest BCUT2D eigenvalue weighted by molar-refractivity contribution is 0.786. The smallest absolute Gasteiger partial charge is 0.320 e. The molecule has 0 aliphatic carbocycles. The van der Waals surface area contributed by atoms with Gasteiger partial charge < -0.3 is 4.57 Å². The van der Waals surface area contributed by atoms with Crippen LogP contribution >= 0.6 is 0 Å². The van der Waals surface area contributed by atoms with Crippen LogP contribution in [0.3, 0.4) is 0 Å². The first-order chi connectivity index (χ1) is 8.18. The summed E-state index contributed by atoms with van der Waals surface area (Å²) < 4.78 is 2.93. The van der Waals surface area contributed by atoms with Crippen molar-refractivity contribution in [2.24, 2.45) is 7.05 Å². The molecular formula is C9H8N6O2. The Kier molecular flexibility index (Phi) is 1.79. The monoisotopic (exact) mass is 232 g/mol. The fourth-order valence-electron chi connectivity index (χ4n) is 1.70. The molecule has 0 bridgehead atoms. The first-order valence-electron chi connectivity index (χ1n) is 4.84. The van der Waals surface area contributed by atoms with Crippen molar-refractivity contribution in [2.45, 2.75) is 0 Å². The summed E-state index contributed by atoms with van der Waals surface area (Å²) in [5.74, 6) is 0.403. The van der Waals surface area contributed by atoms with Gasteiger partial charge in [0.05, 0.1) is 6.20 Å². The number of hydrogen-bond donors (Lipinski definition) is 2. The van der Waals surface area contributed by atoms with E-state index < -0.39 is 11.2 Å². The molecule has 0 radical (unpaired) electrons. The summed E-state index contributed by atoms with van der Waals surface area (Å²) in [5, 5.41) is 6.70. The molecule has 2 N–H and O–H groups in total. The minimum absolute atomic E-state index is 0.313. The lowest BCUT2D eigenvalue weighted by atomic mass is 10.4. The minimum Gasteiger partial charge on any atom is -0.320 e. The number of aromatic amines is 2. The molecule has 8 heteroatoms. The highest BCUT2D eigenvalue weighted by Crippen LogP contribution is 2.07. The molecule has 0 unspecified atom stereocenters. The Morgan fingerprint density at radius 3 is 2.88 bits per heavy atom. The number of nitrogens with one attached hydrogen (secondary N) is 2. The molecule has 0 aliphatic rings. The minimum atomic E-state index is -0.555. The molecule has 0 saturated carbocycles. The summed E-state index contributed by atoms with van der Waals surface area (Å²) in [6.45, 7) is 0. The summed E-state index contributed by atoms with van der Waals surface area (Å²) in [4.78, 5) is 29.6. The normalized spacial score (nSPS) is 11.1. The van der Waals surface area contributed by atoms with Crippen LogP contribution in [0.25, 0.3) is 17.0 Å². The predicted octanol–water partition coefficient (Wildman–Crippen LogP) is -0.864. The van der Waals surface area contributed by atoms with Crippen molar-refractivity contribution >= 4 is 11.0 Å². The Morgan fingerprint density at radius 2 is 2.18 bits per heavy atom. The zero-order valence-electron chi connectivity index (χ0n) is 8.84. The van der Waals surface area contributed by atoms with Gasteiger partial charge in [-0.2, -0.15) is 5.10 Å². The van der Waals surface area contributed by atoms with Crippen molar-refractivity contribution in [2.75, 3.05) is 0 Å². The van der Waals surface area contributed by atoms with Crippen molar-refractivity contribution in [3.8, 4) is 5.95 Å². The molecular weight excluding hydrogens is 224 g/mol. The Hall–Kier alpha value is -2.64. The Labute approximate surface area is 93.5 Å². The van der Waals surface area contributed by atoms with Crippen LogP contribution < -0.4 is 11.2 Å². The van der Waals surface area contributed by atoms with Gasteiger partial charge in [-0.05, 0) is 0 Å². The lowest BCUT2D eigenvalue weighted by Gasteiger charge is -2.05. The third-order valence-corrected chi connectivity index (χ3v) is 2.51. The maximum Gasteiger partial charge on any atom is 0.337 e. The standard InChI is InChI=1S/C9H8N6O2/c1-14-3-2-10-8(14)15-6-5(4-11-13-6)7(16)12-9(15)17/h2-4H,1H3,(H,11,13)(H,12,16,17). The van der Waals surface area contributed by atoms with Crippen molar-refractivity contribution in [1.29, 1.82) is 0 Å². The van der Waals surface area contributed by atoms with E-state index in [0.29, 0.717) is 17.0 Å². The number of nitrogens with zero attached hydrogens (tertiary/aromatic N) is 4. The second-order valence-electron chi connectivity index (χ2n) is 3.57. The van der Waals surface area contributed by atoms with Gasteiger partial charge in [-0.25, -0.2) is 14.3 Å². The number of fused-ring (bicyclic) bond motifs is 1. The van der Waals surface area contributed by atoms with Gasteiger partial charge >= 0.3 is 5.69 Å². The zero-order chi connectivity index (χ0) is 12.0. The fraction of sp³-hybridized carbons (Fsp3) is 0.111. The van der Waals surface area contributed by atoms with E-state index in [1.165, 1.54) is 10.8 Å². The van der Waals surface area contributed by atoms with E-state index in [1.807, 2.05) is 0 Å². The van der Waals surface area contributed by atoms with Crippen LogP contribution in [0.4, 0.5) is 0 Å². The maximum atomic E-state index is 11.8. The van der Waals surface area contributed by atoms with Crippen molar-refractivity contribution in [3.05, 3.63) is 39.4 Å². The second kappa shape index (κ2) is 3.17. The Balaban J connectivity index is 2.53. The number of aryl methyl sites for hydroxylation is 1. The summed E-state index contributed by atoms with van der Waals surface area (Å²) in [6.07, 6.45) is 4.64. The summed E-state index contributed by atoms with van der Waals surface area (Å²) in [7, 11) is 1.75. The average molecular weight is 232 g/mol. The molecule has 86 valence electrons. The molecule has 8 nitrogen and oxygen atoms in total. The van der Waals surface area contributed by atoms with Crippen LogP contribution in [0.2, 0.25) is 0 Å². The van der Waals surface area contributed by atoms with Gasteiger partial charge in [0.25, 0.3) is 5.56 Å². The van der Waals surface area contributed by atoms with E-state index in [4.69, 9.17) is 0 Å². The molecule has 0 aliphatic heterocycles. The molecule has 0 fully saturated rings. The molecule has 17 heavy (non-hydrogen) atoms. The highest BCUT2D eigenvalue weighted by atomic mass is 16.2. The molecule has 3 aromatic heterocycles. The van der Waals surface area contributed by atoms with Gasteiger partial charge in [-0.1, -0.05) is 0 Å². The van der Waals surface area contributed by atoms with E-state index in [2.05, 4.69) is 20.2 Å². The van der Waals surface area contributed by atoms with Crippen molar-refractivity contribution in [1.82, 2.24) is 29.3 Å². The summed E-state index contributed by atoms with van der Waals surface area (Å²) in [6, 6.07) is 0. The first kappa shape index (κ1) is 9.58. The summed E-state index contributed by atoms with van der Waals surface area (Å²) in [5.41, 5.74) is -0.696. The molecule has 0 amide bonds. The highest BCUT2D eigenvalue weighted by molar-refractivity contribution is 5.73. The van der Waals surface area contributed by atoms with Gasteiger partial charge in [-0.3, -0.25) is 14.9 Å². The maximum absolute atomic E-state index is 11.8. The second-order valence-corrected chi connectivity index (χ2v) is 3.57. The predicted molar refractivity (Wildman–Crippen MR) is 59.1 cm³/mol. The van der Waals surface area contributed by atoms with E-state index >= 15 is 0 Å². The third kappa shape index (κ3) is 1.24. The van der Waals surface area contributed by atoms with Gasteiger partial charge in [0.15, 0.2) is 5.65 Å². The third-order valence-electron chi connectivity index (χ3n) is 2.51. The average Bonchev–Trinajstić information content (AvgIpc) is 2.88. The topological polar surface area (TPSA) is 101 Å². The molecule has 0 spiro atoms. The molecule has 0 aromatic carbocycles. The van der Waals surface area contributed by atoms with Gasteiger partial charge in [0.1, 0.15) is 5.39 Å². The number of hydrogen-bond acceptors (Lipinski definition) is 4. The number of rotatable bonds is 1. The van der Waals surface area contributed by atoms with Crippen molar-refractivity contribution < 1.29 is 0 Å². The van der Waals surface area contributed by atoms with Gasteiger partial charge in [-0.15, -0.1) is 0 Å². The van der Waals surface area contributed by atoms with E-state index in [-0.39, 0.29) is 0 Å². The van der Waals surface area contributed by atoms with Gasteiger partial charge in [0.2, 0.25) is 5.95 Å². The van der Waals surface area contributed by atoms with Crippen LogP contribution in [0.1, 0.15) is 0 Å². The number of aromatic nitrogens is 6. The SMILES string of the molecule is Cn1ccnc1-n1c(=O)[nH]c(=O)c2cn[nH]c21. The Bertz CT molecular complexity index is 805. The van der Waals surface area contributed by atoms with Crippen molar-refractivity contribution in [3.63, 3.8) is 0 Å². The van der Waals surface area contributed by atoms with Crippen LogP contribution in [-0.4, -0.2) is 29.3 Å². The van der Waals surface area contributed by atoms with E-state index in [1.54, 1.807) is 24.0 Å². The lowest BCUT2D eigenvalue weighted by Crippen LogP contribution is -2.30. The number of H-pyrrole nitrogens is 2. The first-order valence-corrected chi connectivity index (χ1v) is 4.84. The Morgan fingerprint density at radius 1 is 1.35 bits per heavy atom. The summed E-state index contributed by atoms with van der Waals surface area (Å²) >= 11 is 0. The van der Waals surface area contributed by atoms with E-state index in [9.17, 15) is 9.59 Å². The molecule has 0 atom stereocenters. The van der Waals surface area contributed by atoms with Crippen LogP contribution in [0, 0.1) is 0 Å². The van der Waals surface area contributed by atoms with E-state index in [0.717, 1.165) is 0 Å². The zero-order valence-corrected chi connectivity index (χ0v) is 8.84. The molecule has 3 heterocycles. The molecule has 0 saturated heterocycles. The number of imidazole rings is 1. The van der Waals surface area contributed by atoms with Crippen LogP contribution in [-0.2, 0) is 7.05 Å². The van der Waals surface area contributed by atoms with Crippen LogP contribution in [0.5, 0.6) is 0 Å².